The molecule has 2 aromatic rings. The van der Waals surface area contributed by atoms with Gasteiger partial charge in [0.15, 0.2) is 18.1 Å². The van der Waals surface area contributed by atoms with Crippen molar-refractivity contribution in [1.29, 1.82) is 0 Å². The number of nitro groups is 1. The van der Waals surface area contributed by atoms with E-state index in [4.69, 9.17) is 25.8 Å². The van der Waals surface area contributed by atoms with Gasteiger partial charge in [-0.05, 0) is 37.3 Å². The maximum Gasteiger partial charge on any atom is 0.338 e. The lowest BCUT2D eigenvalue weighted by molar-refractivity contribution is -0.385. The predicted octanol–water partition coefficient (Wildman–Crippen LogP) is 3.70. The molecule has 0 amide bonds. The summed E-state index contributed by atoms with van der Waals surface area (Å²) < 4.78 is 15.1. The Kier molecular flexibility index (Phi) is 6.73. The molecule has 0 saturated heterocycles. The average molecular weight is 394 g/mol. The fraction of sp³-hybridized carbons (Fsp3) is 0.222. The number of carbonyl (C=O) groups is 2. The van der Waals surface area contributed by atoms with Crippen LogP contribution < -0.4 is 9.47 Å². The van der Waals surface area contributed by atoms with Crippen molar-refractivity contribution in [3.05, 3.63) is 62.7 Å². The number of hydrogen-bond donors (Lipinski definition) is 0. The van der Waals surface area contributed by atoms with E-state index in [-0.39, 0.29) is 34.2 Å². The van der Waals surface area contributed by atoms with Gasteiger partial charge in [-0.1, -0.05) is 11.6 Å². The fourth-order valence-electron chi connectivity index (χ4n) is 2.20. The molecule has 2 rings (SSSR count). The first-order valence-corrected chi connectivity index (χ1v) is 8.20. The number of Topliss-reactive ketones (excluding diaryl/α,β-unsaturated/α-hetero) is 1. The minimum atomic E-state index is -0.867. The first-order chi connectivity index (χ1) is 12.9. The maximum atomic E-state index is 12.1. The highest BCUT2D eigenvalue weighted by molar-refractivity contribution is 6.32. The Morgan fingerprint density at radius 2 is 1.78 bits per heavy atom. The van der Waals surface area contributed by atoms with E-state index in [0.717, 1.165) is 6.07 Å². The number of nitro benzene ring substituents is 1. The van der Waals surface area contributed by atoms with Crippen LogP contribution in [0.5, 0.6) is 11.5 Å². The monoisotopic (exact) mass is 393 g/mol. The van der Waals surface area contributed by atoms with Crippen LogP contribution in [0.1, 0.15) is 27.6 Å². The number of ether oxygens (including phenoxy) is 3. The summed E-state index contributed by atoms with van der Waals surface area (Å²) in [6.45, 7) is 1.38. The summed E-state index contributed by atoms with van der Waals surface area (Å²) in [5.74, 6) is -0.891. The van der Waals surface area contributed by atoms with Gasteiger partial charge in [0.2, 0.25) is 0 Å². The number of rotatable bonds is 8. The molecule has 9 heteroatoms. The van der Waals surface area contributed by atoms with Crippen LogP contribution in [0, 0.1) is 10.1 Å². The maximum absolute atomic E-state index is 12.1. The van der Waals surface area contributed by atoms with Crippen LogP contribution in [0.25, 0.3) is 0 Å². The van der Waals surface area contributed by atoms with E-state index in [2.05, 4.69) is 0 Å². The molecule has 0 radical (unpaired) electrons. The first-order valence-electron chi connectivity index (χ1n) is 7.82. The molecule has 0 atom stereocenters. The standard InChI is InChI=1S/C18H16ClNO7/c1-3-26-17-7-5-12(9-14(17)20(23)24)18(22)27-10-15(21)11-4-6-16(25-2)13(19)8-11/h4-9H,3,10H2,1-2H3. The van der Waals surface area contributed by atoms with Gasteiger partial charge in [0.25, 0.3) is 0 Å². The van der Waals surface area contributed by atoms with E-state index in [1.165, 1.54) is 37.4 Å². The van der Waals surface area contributed by atoms with Crippen LogP contribution in [0.4, 0.5) is 5.69 Å². The second-order valence-corrected chi connectivity index (χ2v) is 5.63. The molecule has 0 saturated carbocycles. The number of esters is 1. The summed E-state index contributed by atoms with van der Waals surface area (Å²) in [7, 11) is 1.44. The van der Waals surface area contributed by atoms with E-state index in [1.54, 1.807) is 6.92 Å². The molecular formula is C18H16ClNO7. The third kappa shape index (κ3) is 4.95. The van der Waals surface area contributed by atoms with Gasteiger partial charge < -0.3 is 14.2 Å². The number of methoxy groups -OCH3 is 1. The Morgan fingerprint density at radius 3 is 2.37 bits per heavy atom. The molecule has 0 aliphatic rings. The van der Waals surface area contributed by atoms with Gasteiger partial charge in [-0.15, -0.1) is 0 Å². The molecule has 0 N–H and O–H groups in total. The molecule has 27 heavy (non-hydrogen) atoms. The predicted molar refractivity (Wildman–Crippen MR) is 96.9 cm³/mol. The van der Waals surface area contributed by atoms with Crippen LogP contribution in [-0.2, 0) is 4.74 Å². The third-order valence-electron chi connectivity index (χ3n) is 3.50. The lowest BCUT2D eigenvalue weighted by Crippen LogP contribution is -2.14. The minimum absolute atomic E-state index is 0.0444. The van der Waals surface area contributed by atoms with Crippen LogP contribution in [0.15, 0.2) is 36.4 Å². The Balaban J connectivity index is 2.09. The number of benzene rings is 2. The van der Waals surface area contributed by atoms with Crippen molar-refractivity contribution >= 4 is 29.0 Å². The van der Waals surface area contributed by atoms with Crippen molar-refractivity contribution in [2.45, 2.75) is 6.92 Å². The van der Waals surface area contributed by atoms with Crippen LogP contribution in [0.2, 0.25) is 5.02 Å². The minimum Gasteiger partial charge on any atom is -0.495 e. The van der Waals surface area contributed by atoms with Gasteiger partial charge in [-0.25, -0.2) is 4.79 Å². The topological polar surface area (TPSA) is 105 Å². The smallest absolute Gasteiger partial charge is 0.338 e. The van der Waals surface area contributed by atoms with Crippen molar-refractivity contribution in [3.63, 3.8) is 0 Å². The van der Waals surface area contributed by atoms with Crippen molar-refractivity contribution in [2.24, 2.45) is 0 Å². The Labute approximate surface area is 159 Å². The normalized spacial score (nSPS) is 10.2. The van der Waals surface area contributed by atoms with E-state index < -0.39 is 23.3 Å². The van der Waals surface area contributed by atoms with Crippen molar-refractivity contribution < 1.29 is 28.7 Å². The summed E-state index contributed by atoms with van der Waals surface area (Å²) in [6.07, 6.45) is 0. The lowest BCUT2D eigenvalue weighted by Gasteiger charge is -2.08. The summed E-state index contributed by atoms with van der Waals surface area (Å²) in [4.78, 5) is 34.7. The Bertz CT molecular complexity index is 882. The molecule has 0 aliphatic heterocycles. The SMILES string of the molecule is CCOc1ccc(C(=O)OCC(=O)c2ccc(OC)c(Cl)c2)cc1[N+](=O)[O-]. The second kappa shape index (κ2) is 9.00. The van der Waals surface area contributed by atoms with Gasteiger partial charge in [-0.2, -0.15) is 0 Å². The quantitative estimate of drug-likeness (QED) is 0.291. The summed E-state index contributed by atoms with van der Waals surface area (Å²) in [6, 6.07) is 8.09. The molecule has 0 unspecified atom stereocenters. The zero-order valence-corrected chi connectivity index (χ0v) is 15.3. The molecule has 0 aliphatic carbocycles. The largest absolute Gasteiger partial charge is 0.495 e. The Hall–Kier alpha value is -3.13. The van der Waals surface area contributed by atoms with Gasteiger partial charge in [0, 0.05) is 11.6 Å². The highest BCUT2D eigenvalue weighted by Gasteiger charge is 2.20. The molecule has 0 bridgehead atoms. The van der Waals surface area contributed by atoms with Crippen molar-refractivity contribution in [1.82, 2.24) is 0 Å². The highest BCUT2D eigenvalue weighted by Crippen LogP contribution is 2.28. The number of halogens is 1. The van der Waals surface area contributed by atoms with E-state index in [1.807, 2.05) is 0 Å². The fourth-order valence-corrected chi connectivity index (χ4v) is 2.46. The van der Waals surface area contributed by atoms with Crippen LogP contribution in [-0.4, -0.2) is 37.0 Å². The summed E-state index contributed by atoms with van der Waals surface area (Å²) in [5, 5.41) is 11.4. The van der Waals surface area contributed by atoms with Crippen molar-refractivity contribution in [2.75, 3.05) is 20.3 Å². The number of carbonyl (C=O) groups excluding carboxylic acids is 2. The van der Waals surface area contributed by atoms with Gasteiger partial charge in [0.1, 0.15) is 5.75 Å². The van der Waals surface area contributed by atoms with Gasteiger partial charge >= 0.3 is 11.7 Å². The zero-order chi connectivity index (χ0) is 20.0. The molecule has 2 aromatic carbocycles. The number of ketones is 1. The molecule has 0 spiro atoms. The molecule has 8 nitrogen and oxygen atoms in total. The molecule has 0 heterocycles. The zero-order valence-electron chi connectivity index (χ0n) is 14.6. The molecule has 0 fully saturated rings. The third-order valence-corrected chi connectivity index (χ3v) is 3.79. The van der Waals surface area contributed by atoms with Gasteiger partial charge in [0.05, 0.1) is 29.2 Å². The number of nitrogens with zero attached hydrogens (tertiary/aromatic N) is 1. The second-order valence-electron chi connectivity index (χ2n) is 5.22. The Morgan fingerprint density at radius 1 is 1.11 bits per heavy atom. The first kappa shape index (κ1) is 20.2. The molecular weight excluding hydrogens is 378 g/mol. The van der Waals surface area contributed by atoms with Crippen LogP contribution >= 0.6 is 11.6 Å². The summed E-state index contributed by atoms with van der Waals surface area (Å²) in [5.41, 5.74) is -0.184. The van der Waals surface area contributed by atoms with Gasteiger partial charge in [-0.3, -0.25) is 14.9 Å². The molecule has 142 valence electrons. The van der Waals surface area contributed by atoms with E-state index in [0.29, 0.717) is 5.75 Å². The highest BCUT2D eigenvalue weighted by atomic mass is 35.5. The average Bonchev–Trinajstić information content (AvgIpc) is 2.66. The lowest BCUT2D eigenvalue weighted by atomic mass is 10.1. The van der Waals surface area contributed by atoms with Crippen LogP contribution in [0.3, 0.4) is 0 Å². The number of hydrogen-bond acceptors (Lipinski definition) is 7. The van der Waals surface area contributed by atoms with E-state index in [9.17, 15) is 19.7 Å². The van der Waals surface area contributed by atoms with Crippen molar-refractivity contribution in [3.8, 4) is 11.5 Å². The molecule has 0 aromatic heterocycles. The van der Waals surface area contributed by atoms with E-state index >= 15 is 0 Å². The summed E-state index contributed by atoms with van der Waals surface area (Å²) >= 11 is 5.96.